The molecule has 1 aromatic heterocycles. The van der Waals surface area contributed by atoms with E-state index in [0.717, 1.165) is 43.9 Å². The summed E-state index contributed by atoms with van der Waals surface area (Å²) in [6.45, 7) is 8.11. The van der Waals surface area contributed by atoms with Gasteiger partial charge in [-0.3, -0.25) is 9.69 Å². The maximum absolute atomic E-state index is 12.8. The van der Waals surface area contributed by atoms with Gasteiger partial charge in [-0.25, -0.2) is 4.98 Å². The van der Waals surface area contributed by atoms with Gasteiger partial charge in [-0.05, 0) is 58.6 Å². The van der Waals surface area contributed by atoms with Gasteiger partial charge in [0, 0.05) is 37.4 Å². The summed E-state index contributed by atoms with van der Waals surface area (Å²) in [4.78, 5) is 22.1. The Labute approximate surface area is 151 Å². The number of piperidine rings is 2. The van der Waals surface area contributed by atoms with E-state index in [1.165, 1.54) is 25.7 Å². The molecule has 5 nitrogen and oxygen atoms in total. The zero-order valence-corrected chi connectivity index (χ0v) is 15.7. The Bertz CT molecular complexity index is 569. The molecule has 0 saturated carbocycles. The summed E-state index contributed by atoms with van der Waals surface area (Å²) in [5.41, 5.74) is 1.13. The molecule has 1 aromatic rings. The van der Waals surface area contributed by atoms with Crippen molar-refractivity contribution < 1.29 is 4.79 Å². The first-order chi connectivity index (χ1) is 12.2. The number of hydrogen-bond acceptors (Lipinski definition) is 4. The topological polar surface area (TPSA) is 48.5 Å². The third kappa shape index (κ3) is 4.51. The molecule has 2 aliphatic rings. The number of carbonyl (C=O) groups excluding carboxylic acids is 1. The smallest absolute Gasteiger partial charge is 0.237 e. The van der Waals surface area contributed by atoms with Crippen molar-refractivity contribution in [2.75, 3.05) is 24.5 Å². The van der Waals surface area contributed by atoms with Gasteiger partial charge in [0.2, 0.25) is 5.91 Å². The molecule has 0 aromatic carbocycles. The van der Waals surface area contributed by atoms with Crippen LogP contribution < -0.4 is 10.2 Å². The van der Waals surface area contributed by atoms with Gasteiger partial charge in [0.15, 0.2) is 0 Å². The second-order valence-corrected chi connectivity index (χ2v) is 7.59. The van der Waals surface area contributed by atoms with Crippen LogP contribution in [0.25, 0.3) is 0 Å². The number of pyridine rings is 1. The highest BCUT2D eigenvalue weighted by atomic mass is 16.2. The number of likely N-dealkylation sites (tertiary alicyclic amines) is 1. The van der Waals surface area contributed by atoms with Gasteiger partial charge >= 0.3 is 0 Å². The van der Waals surface area contributed by atoms with E-state index in [2.05, 4.69) is 40.0 Å². The van der Waals surface area contributed by atoms with E-state index in [4.69, 9.17) is 0 Å². The summed E-state index contributed by atoms with van der Waals surface area (Å²) in [7, 11) is 0. The van der Waals surface area contributed by atoms with Crippen LogP contribution in [0.2, 0.25) is 0 Å². The molecule has 1 N–H and O–H groups in total. The van der Waals surface area contributed by atoms with E-state index in [1.807, 2.05) is 12.3 Å². The molecular weight excluding hydrogens is 312 g/mol. The third-order valence-corrected chi connectivity index (χ3v) is 5.49. The number of aromatic nitrogens is 1. The maximum atomic E-state index is 12.8. The fourth-order valence-electron chi connectivity index (χ4n) is 4.11. The number of hydrogen-bond donors (Lipinski definition) is 1. The maximum Gasteiger partial charge on any atom is 0.237 e. The van der Waals surface area contributed by atoms with Crippen LogP contribution in [-0.4, -0.2) is 47.5 Å². The first kappa shape index (κ1) is 18.2. The molecule has 5 heteroatoms. The molecule has 3 heterocycles. The second kappa shape index (κ2) is 8.65. The number of anilines is 1. The lowest BCUT2D eigenvalue weighted by Crippen LogP contribution is -2.51. The van der Waals surface area contributed by atoms with E-state index < -0.39 is 0 Å². The van der Waals surface area contributed by atoms with Crippen molar-refractivity contribution >= 4 is 11.7 Å². The van der Waals surface area contributed by atoms with Crippen molar-refractivity contribution in [3.63, 3.8) is 0 Å². The fourth-order valence-corrected chi connectivity index (χ4v) is 4.11. The van der Waals surface area contributed by atoms with Crippen LogP contribution in [0.3, 0.4) is 0 Å². The van der Waals surface area contributed by atoms with Crippen LogP contribution in [0.15, 0.2) is 18.3 Å². The lowest BCUT2D eigenvalue weighted by atomic mass is 9.99. The van der Waals surface area contributed by atoms with Gasteiger partial charge in [0.1, 0.15) is 5.82 Å². The predicted molar refractivity (Wildman–Crippen MR) is 102 cm³/mol. The zero-order valence-electron chi connectivity index (χ0n) is 15.7. The Morgan fingerprint density at radius 1 is 1.20 bits per heavy atom. The van der Waals surface area contributed by atoms with E-state index in [9.17, 15) is 4.79 Å². The Kier molecular flexibility index (Phi) is 6.29. The molecule has 1 amide bonds. The molecule has 2 fully saturated rings. The van der Waals surface area contributed by atoms with E-state index >= 15 is 0 Å². The molecular formula is C20H32N4O. The minimum Gasteiger partial charge on any atom is -0.356 e. The number of nitrogens with one attached hydrogen (secondary N) is 1. The molecule has 2 aliphatic heterocycles. The third-order valence-electron chi connectivity index (χ3n) is 5.49. The molecule has 138 valence electrons. The Hall–Kier alpha value is -1.62. The number of carbonyl (C=O) groups is 1. The molecule has 0 bridgehead atoms. The van der Waals surface area contributed by atoms with E-state index in [1.54, 1.807) is 0 Å². The van der Waals surface area contributed by atoms with Crippen molar-refractivity contribution in [1.29, 1.82) is 0 Å². The van der Waals surface area contributed by atoms with Gasteiger partial charge in [-0.2, -0.15) is 0 Å². The summed E-state index contributed by atoms with van der Waals surface area (Å²) in [5.74, 6) is 1.22. The molecule has 25 heavy (non-hydrogen) atoms. The first-order valence-corrected chi connectivity index (χ1v) is 9.89. The predicted octanol–water partition coefficient (Wildman–Crippen LogP) is 2.95. The summed E-state index contributed by atoms with van der Waals surface area (Å²) in [6.07, 6.45) is 8.94. The van der Waals surface area contributed by atoms with Crippen LogP contribution in [0.4, 0.5) is 5.82 Å². The number of amides is 1. The summed E-state index contributed by atoms with van der Waals surface area (Å²) in [5, 5.41) is 3.19. The largest absolute Gasteiger partial charge is 0.356 e. The van der Waals surface area contributed by atoms with Gasteiger partial charge in [0.25, 0.3) is 0 Å². The van der Waals surface area contributed by atoms with Gasteiger partial charge in [0.05, 0.1) is 6.04 Å². The fraction of sp³-hybridized carbons (Fsp3) is 0.700. The van der Waals surface area contributed by atoms with Crippen molar-refractivity contribution in [3.8, 4) is 0 Å². The van der Waals surface area contributed by atoms with Crippen LogP contribution in [0, 0.1) is 0 Å². The normalized spacial score (nSPS) is 22.2. The molecule has 0 aliphatic carbocycles. The molecule has 0 spiro atoms. The second-order valence-electron chi connectivity index (χ2n) is 7.59. The minimum atomic E-state index is 0.0175. The Morgan fingerprint density at radius 2 is 1.96 bits per heavy atom. The zero-order chi connectivity index (χ0) is 17.6. The first-order valence-electron chi connectivity index (χ1n) is 9.89. The van der Waals surface area contributed by atoms with Crippen molar-refractivity contribution in [2.45, 2.75) is 71.0 Å². The molecule has 3 rings (SSSR count). The molecule has 0 radical (unpaired) electrons. The average Bonchev–Trinajstić information content (AvgIpc) is 2.67. The lowest BCUT2D eigenvalue weighted by Gasteiger charge is -2.37. The van der Waals surface area contributed by atoms with Crippen LogP contribution >= 0.6 is 0 Å². The average molecular weight is 345 g/mol. The SMILES string of the molecule is CC(C)N1CCCC[C@H]1C(=O)NCc1cccnc1N1CCCCC1. The molecule has 2 saturated heterocycles. The number of rotatable bonds is 5. The van der Waals surface area contributed by atoms with Crippen molar-refractivity contribution in [1.82, 2.24) is 15.2 Å². The summed E-state index contributed by atoms with van der Waals surface area (Å²) in [6, 6.07) is 4.50. The Morgan fingerprint density at radius 3 is 2.72 bits per heavy atom. The highest BCUT2D eigenvalue weighted by molar-refractivity contribution is 5.82. The highest BCUT2D eigenvalue weighted by Crippen LogP contribution is 2.23. The Balaban J connectivity index is 1.64. The van der Waals surface area contributed by atoms with Crippen LogP contribution in [0.5, 0.6) is 0 Å². The van der Waals surface area contributed by atoms with Crippen LogP contribution in [0.1, 0.15) is 57.9 Å². The van der Waals surface area contributed by atoms with Crippen molar-refractivity contribution in [3.05, 3.63) is 23.9 Å². The quantitative estimate of drug-likeness (QED) is 0.892. The van der Waals surface area contributed by atoms with E-state index in [-0.39, 0.29) is 11.9 Å². The molecule has 0 unspecified atom stereocenters. The minimum absolute atomic E-state index is 0.0175. The van der Waals surface area contributed by atoms with E-state index in [0.29, 0.717) is 12.6 Å². The highest BCUT2D eigenvalue weighted by Gasteiger charge is 2.30. The monoisotopic (exact) mass is 344 g/mol. The van der Waals surface area contributed by atoms with Gasteiger partial charge in [-0.15, -0.1) is 0 Å². The standard InChI is InChI=1S/C20H32N4O/c1-16(2)24-14-7-4-10-18(24)20(25)22-15-17-9-8-11-21-19(17)23-12-5-3-6-13-23/h8-9,11,16,18H,3-7,10,12-15H2,1-2H3,(H,22,25)/t18-/m0/s1. The van der Waals surface area contributed by atoms with Crippen molar-refractivity contribution in [2.24, 2.45) is 0 Å². The summed E-state index contributed by atoms with van der Waals surface area (Å²) < 4.78 is 0. The lowest BCUT2D eigenvalue weighted by molar-refractivity contribution is -0.128. The molecule has 1 atom stereocenters. The van der Waals surface area contributed by atoms with Gasteiger partial charge < -0.3 is 10.2 Å². The van der Waals surface area contributed by atoms with Crippen LogP contribution in [-0.2, 0) is 11.3 Å². The van der Waals surface area contributed by atoms with Gasteiger partial charge in [-0.1, -0.05) is 12.5 Å². The number of nitrogens with zero attached hydrogens (tertiary/aromatic N) is 3. The summed E-state index contributed by atoms with van der Waals surface area (Å²) >= 11 is 0.